The molecular formula is C18H30N2O. The monoisotopic (exact) mass is 290 g/mol. The second-order valence-corrected chi connectivity index (χ2v) is 7.41. The molecule has 0 aromatic heterocycles. The predicted molar refractivity (Wildman–Crippen MR) is 89.0 cm³/mol. The molecular weight excluding hydrogens is 260 g/mol. The van der Waals surface area contributed by atoms with Gasteiger partial charge in [0.05, 0.1) is 12.1 Å². The number of carbonyl (C=O) groups excluding carboxylic acids is 1. The maximum absolute atomic E-state index is 12.1. The summed E-state index contributed by atoms with van der Waals surface area (Å²) < 4.78 is 0. The Hall–Kier alpha value is -1.35. The van der Waals surface area contributed by atoms with Crippen LogP contribution in [0.1, 0.15) is 58.7 Å². The van der Waals surface area contributed by atoms with Crippen molar-refractivity contribution >= 4 is 5.91 Å². The minimum Gasteiger partial charge on any atom is -0.348 e. The molecule has 0 fully saturated rings. The van der Waals surface area contributed by atoms with E-state index in [2.05, 4.69) is 43.4 Å². The molecule has 0 aliphatic rings. The molecule has 3 N–H and O–H groups in total. The van der Waals surface area contributed by atoms with Crippen LogP contribution in [0, 0.1) is 11.3 Å². The van der Waals surface area contributed by atoms with Crippen LogP contribution in [0.15, 0.2) is 24.3 Å². The Morgan fingerprint density at radius 3 is 2.10 bits per heavy atom. The topological polar surface area (TPSA) is 55.1 Å². The predicted octanol–water partition coefficient (Wildman–Crippen LogP) is 3.44. The highest BCUT2D eigenvalue weighted by Gasteiger charge is 2.28. The van der Waals surface area contributed by atoms with Gasteiger partial charge in [-0.15, -0.1) is 0 Å². The highest BCUT2D eigenvalue weighted by atomic mass is 16.2. The van der Waals surface area contributed by atoms with E-state index in [1.807, 2.05) is 27.7 Å². The number of hydrogen-bond acceptors (Lipinski definition) is 2. The van der Waals surface area contributed by atoms with Crippen LogP contribution in [0.25, 0.3) is 0 Å². The molecule has 0 radical (unpaired) electrons. The third kappa shape index (κ3) is 5.50. The highest BCUT2D eigenvalue weighted by molar-refractivity contribution is 5.82. The Labute approximate surface area is 129 Å². The Kier molecular flexibility index (Phi) is 5.97. The number of nitrogens with one attached hydrogen (secondary N) is 1. The lowest BCUT2D eigenvalue weighted by molar-refractivity contribution is -0.125. The molecule has 0 aliphatic heterocycles. The first-order chi connectivity index (χ1) is 9.61. The second kappa shape index (κ2) is 7.08. The maximum atomic E-state index is 12.1. The van der Waals surface area contributed by atoms with E-state index in [0.29, 0.717) is 5.92 Å². The molecule has 0 spiro atoms. The smallest absolute Gasteiger partial charge is 0.237 e. The van der Waals surface area contributed by atoms with E-state index in [-0.39, 0.29) is 17.4 Å². The Morgan fingerprint density at radius 1 is 1.14 bits per heavy atom. The summed E-state index contributed by atoms with van der Waals surface area (Å²) in [5, 5.41) is 3.00. The van der Waals surface area contributed by atoms with Crippen LogP contribution in [-0.4, -0.2) is 11.9 Å². The van der Waals surface area contributed by atoms with Crippen LogP contribution in [0.5, 0.6) is 0 Å². The van der Waals surface area contributed by atoms with Gasteiger partial charge < -0.3 is 11.1 Å². The Bertz CT molecular complexity index is 457. The first kappa shape index (κ1) is 17.7. The van der Waals surface area contributed by atoms with Crippen molar-refractivity contribution in [3.8, 4) is 0 Å². The van der Waals surface area contributed by atoms with Crippen LogP contribution in [0.2, 0.25) is 0 Å². The van der Waals surface area contributed by atoms with E-state index in [4.69, 9.17) is 5.73 Å². The molecule has 0 bridgehead atoms. The lowest BCUT2D eigenvalue weighted by Gasteiger charge is -2.27. The van der Waals surface area contributed by atoms with Crippen LogP contribution in [0.3, 0.4) is 0 Å². The number of carbonyl (C=O) groups is 1. The van der Waals surface area contributed by atoms with Crippen molar-refractivity contribution in [1.82, 2.24) is 5.32 Å². The Morgan fingerprint density at radius 2 is 1.67 bits per heavy atom. The fourth-order valence-corrected chi connectivity index (χ4v) is 2.19. The normalized spacial score (nSPS) is 14.9. The van der Waals surface area contributed by atoms with Crippen molar-refractivity contribution in [3.05, 3.63) is 35.4 Å². The molecule has 0 saturated heterocycles. The van der Waals surface area contributed by atoms with Gasteiger partial charge in [0.2, 0.25) is 5.91 Å². The van der Waals surface area contributed by atoms with Crippen LogP contribution in [0.4, 0.5) is 0 Å². The van der Waals surface area contributed by atoms with E-state index >= 15 is 0 Å². The van der Waals surface area contributed by atoms with Crippen molar-refractivity contribution in [2.24, 2.45) is 17.1 Å². The quantitative estimate of drug-likeness (QED) is 0.873. The highest BCUT2D eigenvalue weighted by Crippen LogP contribution is 2.20. The molecule has 2 atom stereocenters. The van der Waals surface area contributed by atoms with Crippen molar-refractivity contribution in [1.29, 1.82) is 0 Å². The van der Waals surface area contributed by atoms with Crippen molar-refractivity contribution in [2.45, 2.75) is 60.0 Å². The van der Waals surface area contributed by atoms with E-state index in [0.717, 1.165) is 12.0 Å². The molecule has 1 amide bonds. The van der Waals surface area contributed by atoms with Gasteiger partial charge in [0.1, 0.15) is 0 Å². The molecule has 1 rings (SSSR count). The van der Waals surface area contributed by atoms with Gasteiger partial charge in [-0.2, -0.15) is 0 Å². The van der Waals surface area contributed by atoms with Gasteiger partial charge in [-0.05, 0) is 35.8 Å². The summed E-state index contributed by atoms with van der Waals surface area (Å²) in [6, 6.07) is 7.93. The molecule has 1 aromatic rings. The molecule has 21 heavy (non-hydrogen) atoms. The number of rotatable bonds is 5. The van der Waals surface area contributed by atoms with E-state index in [1.165, 1.54) is 5.56 Å². The van der Waals surface area contributed by atoms with Crippen LogP contribution in [-0.2, 0) is 11.2 Å². The number of hydrogen-bond donors (Lipinski definition) is 2. The van der Waals surface area contributed by atoms with Crippen LogP contribution >= 0.6 is 0 Å². The van der Waals surface area contributed by atoms with Gasteiger partial charge in [-0.1, -0.05) is 58.9 Å². The van der Waals surface area contributed by atoms with Gasteiger partial charge in [0, 0.05) is 0 Å². The summed E-state index contributed by atoms with van der Waals surface area (Å²) in [4.78, 5) is 12.1. The number of nitrogens with two attached hydrogens (primary N) is 1. The third-order valence-corrected chi connectivity index (χ3v) is 3.70. The molecule has 0 saturated carbocycles. The summed E-state index contributed by atoms with van der Waals surface area (Å²) in [6.45, 7) is 12.3. The van der Waals surface area contributed by atoms with Crippen molar-refractivity contribution in [3.63, 3.8) is 0 Å². The number of amides is 1. The Balaban J connectivity index is 2.67. The van der Waals surface area contributed by atoms with Crippen LogP contribution < -0.4 is 11.1 Å². The van der Waals surface area contributed by atoms with E-state index in [1.54, 1.807) is 0 Å². The molecule has 1 aromatic carbocycles. The molecule has 3 heteroatoms. The van der Waals surface area contributed by atoms with Gasteiger partial charge >= 0.3 is 0 Å². The molecule has 2 unspecified atom stereocenters. The summed E-state index contributed by atoms with van der Waals surface area (Å²) >= 11 is 0. The fourth-order valence-electron chi connectivity index (χ4n) is 2.19. The van der Waals surface area contributed by atoms with Gasteiger partial charge in [0.15, 0.2) is 0 Å². The second-order valence-electron chi connectivity index (χ2n) is 7.41. The molecule has 3 nitrogen and oxygen atoms in total. The SMILES string of the molecule is CC(C)Cc1ccc(C(C)NC(=O)C(N)C(C)(C)C)cc1. The standard InChI is InChI=1S/C18H30N2O/c1-12(2)11-14-7-9-15(10-8-14)13(3)20-17(21)16(19)18(4,5)6/h7-10,12-13,16H,11,19H2,1-6H3,(H,20,21). The summed E-state index contributed by atoms with van der Waals surface area (Å²) in [5.41, 5.74) is 8.20. The molecule has 118 valence electrons. The van der Waals surface area contributed by atoms with Crippen molar-refractivity contribution in [2.75, 3.05) is 0 Å². The van der Waals surface area contributed by atoms with Gasteiger partial charge in [-0.25, -0.2) is 0 Å². The van der Waals surface area contributed by atoms with E-state index < -0.39 is 6.04 Å². The first-order valence-corrected chi connectivity index (χ1v) is 7.76. The summed E-state index contributed by atoms with van der Waals surface area (Å²) in [5.74, 6) is 0.555. The maximum Gasteiger partial charge on any atom is 0.237 e. The fraction of sp³-hybridized carbons (Fsp3) is 0.611. The van der Waals surface area contributed by atoms with Gasteiger partial charge in [0.25, 0.3) is 0 Å². The molecule has 0 heterocycles. The van der Waals surface area contributed by atoms with Crippen molar-refractivity contribution < 1.29 is 4.79 Å². The minimum absolute atomic E-state index is 0.0287. The number of benzene rings is 1. The minimum atomic E-state index is -0.500. The van der Waals surface area contributed by atoms with E-state index in [9.17, 15) is 4.79 Å². The summed E-state index contributed by atoms with van der Waals surface area (Å²) in [7, 11) is 0. The average Bonchev–Trinajstić information content (AvgIpc) is 2.36. The van der Waals surface area contributed by atoms with Gasteiger partial charge in [-0.3, -0.25) is 4.79 Å². The molecule has 0 aliphatic carbocycles. The largest absolute Gasteiger partial charge is 0.348 e. The zero-order valence-corrected chi connectivity index (χ0v) is 14.2. The lowest BCUT2D eigenvalue weighted by atomic mass is 9.86. The average molecular weight is 290 g/mol. The zero-order chi connectivity index (χ0) is 16.2. The summed E-state index contributed by atoms with van der Waals surface area (Å²) in [6.07, 6.45) is 1.08. The third-order valence-electron chi connectivity index (χ3n) is 3.70. The zero-order valence-electron chi connectivity index (χ0n) is 14.2. The lowest BCUT2D eigenvalue weighted by Crippen LogP contribution is -2.49. The first-order valence-electron chi connectivity index (χ1n) is 7.76.